The van der Waals surface area contributed by atoms with E-state index in [0.717, 1.165) is 58.1 Å². The molecule has 6 nitrogen and oxygen atoms in total. The van der Waals surface area contributed by atoms with Crippen molar-refractivity contribution in [3.05, 3.63) is 99.3 Å². The molecule has 3 aromatic heterocycles. The first-order valence-electron chi connectivity index (χ1n) is 11.4. The first-order chi connectivity index (χ1) is 16.7. The topological polar surface area (TPSA) is 74.1 Å². The quantitative estimate of drug-likeness (QED) is 0.232. The van der Waals surface area contributed by atoms with Crippen LogP contribution in [0.2, 0.25) is 0 Å². The molecule has 0 unspecified atom stereocenters. The molecule has 0 fully saturated rings. The van der Waals surface area contributed by atoms with Crippen molar-refractivity contribution in [1.82, 2.24) is 14.8 Å². The first-order valence-corrected chi connectivity index (χ1v) is 12.4. The smallest absolute Gasteiger partial charge is 0.336 e. The Hall–Kier alpha value is -3.58. The fraction of sp³-hybridized carbons (Fsp3) is 0.222. The molecule has 0 spiro atoms. The highest BCUT2D eigenvalue weighted by Gasteiger charge is 2.19. The van der Waals surface area contributed by atoms with Crippen LogP contribution in [0.5, 0.6) is 0 Å². The molecule has 0 N–H and O–H groups in total. The summed E-state index contributed by atoms with van der Waals surface area (Å²) in [6, 6.07) is 18.0. The number of thioether (sulfide) groups is 1. The molecule has 3 heterocycles. The first kappa shape index (κ1) is 21.0. The van der Waals surface area contributed by atoms with E-state index in [1.807, 2.05) is 37.3 Å². The molecule has 6 rings (SSSR count). The summed E-state index contributed by atoms with van der Waals surface area (Å²) >= 11 is 1.58. The molecule has 170 valence electrons. The maximum atomic E-state index is 12.3. The Bertz CT molecular complexity index is 1550. The molecule has 0 radical (unpaired) electrons. The normalized spacial score (nSPS) is 13.0. The molecular weight excluding hydrogens is 446 g/mol. The SMILES string of the molecule is Cc1occc1-c1nnc(SCc2cc(=O)oc3cc4c(cc23)CCC4)n1Cc1ccccc1. The van der Waals surface area contributed by atoms with Gasteiger partial charge in [-0.2, -0.15) is 0 Å². The van der Waals surface area contributed by atoms with E-state index < -0.39 is 0 Å². The van der Waals surface area contributed by atoms with Gasteiger partial charge in [-0.1, -0.05) is 42.1 Å². The lowest BCUT2D eigenvalue weighted by Crippen LogP contribution is -2.05. The second-order valence-corrected chi connectivity index (χ2v) is 9.56. The number of rotatable bonds is 6. The van der Waals surface area contributed by atoms with Crippen molar-refractivity contribution in [3.63, 3.8) is 0 Å². The van der Waals surface area contributed by atoms with Gasteiger partial charge in [0.05, 0.1) is 18.4 Å². The minimum Gasteiger partial charge on any atom is -0.469 e. The van der Waals surface area contributed by atoms with Crippen molar-refractivity contribution in [2.75, 3.05) is 0 Å². The predicted octanol–water partition coefficient (Wildman–Crippen LogP) is 5.78. The second kappa shape index (κ2) is 8.65. The largest absolute Gasteiger partial charge is 0.469 e. The summed E-state index contributed by atoms with van der Waals surface area (Å²) in [6.07, 6.45) is 4.95. The summed E-state index contributed by atoms with van der Waals surface area (Å²) in [5.74, 6) is 2.17. The summed E-state index contributed by atoms with van der Waals surface area (Å²) in [5.41, 5.74) is 6.05. The van der Waals surface area contributed by atoms with Gasteiger partial charge in [0.15, 0.2) is 11.0 Å². The van der Waals surface area contributed by atoms with Gasteiger partial charge < -0.3 is 8.83 Å². The third-order valence-corrected chi connectivity index (χ3v) is 7.42. The van der Waals surface area contributed by atoms with Gasteiger partial charge in [-0.05, 0) is 66.6 Å². The number of hydrogen-bond acceptors (Lipinski definition) is 6. The van der Waals surface area contributed by atoms with Gasteiger partial charge in [-0.25, -0.2) is 4.79 Å². The van der Waals surface area contributed by atoms with Gasteiger partial charge in [-0.15, -0.1) is 10.2 Å². The Balaban J connectivity index is 1.37. The van der Waals surface area contributed by atoms with Crippen molar-refractivity contribution >= 4 is 22.7 Å². The molecule has 34 heavy (non-hydrogen) atoms. The number of hydrogen-bond donors (Lipinski definition) is 0. The zero-order valence-electron chi connectivity index (χ0n) is 18.8. The van der Waals surface area contributed by atoms with Crippen LogP contribution in [0.25, 0.3) is 22.4 Å². The highest BCUT2D eigenvalue weighted by atomic mass is 32.2. The number of fused-ring (bicyclic) bond motifs is 2. The lowest BCUT2D eigenvalue weighted by molar-refractivity contribution is 0.534. The maximum absolute atomic E-state index is 12.3. The maximum Gasteiger partial charge on any atom is 0.336 e. The Morgan fingerprint density at radius 3 is 2.65 bits per heavy atom. The van der Waals surface area contributed by atoms with E-state index in [1.165, 1.54) is 11.1 Å². The monoisotopic (exact) mass is 469 g/mol. The van der Waals surface area contributed by atoms with Crippen molar-refractivity contribution < 1.29 is 8.83 Å². The number of furan rings is 1. The summed E-state index contributed by atoms with van der Waals surface area (Å²) in [6.45, 7) is 2.57. The molecule has 0 atom stereocenters. The van der Waals surface area contributed by atoms with Crippen molar-refractivity contribution in [2.45, 2.75) is 43.6 Å². The number of aromatic nitrogens is 3. The lowest BCUT2D eigenvalue weighted by atomic mass is 10.0. The standard InChI is InChI=1S/C27H23N3O3S/c1-17-22(10-11-32-17)26-28-29-27(30(26)15-18-6-3-2-4-7-18)34-16-21-14-25(31)33-24-13-20-9-5-8-19(20)12-23(21)24/h2-4,6-7,10-14H,5,8-9,15-16H2,1H3. The Kier molecular flexibility index (Phi) is 5.34. The number of aryl methyl sites for hydroxylation is 3. The second-order valence-electron chi connectivity index (χ2n) is 8.62. The molecule has 0 amide bonds. The summed E-state index contributed by atoms with van der Waals surface area (Å²) in [5, 5.41) is 10.8. The van der Waals surface area contributed by atoms with Crippen molar-refractivity contribution in [1.29, 1.82) is 0 Å². The van der Waals surface area contributed by atoms with E-state index in [9.17, 15) is 4.79 Å². The lowest BCUT2D eigenvalue weighted by Gasteiger charge is -2.11. The summed E-state index contributed by atoms with van der Waals surface area (Å²) < 4.78 is 13.2. The highest BCUT2D eigenvalue weighted by molar-refractivity contribution is 7.98. The van der Waals surface area contributed by atoms with Crippen LogP contribution in [0.3, 0.4) is 0 Å². The number of nitrogens with zero attached hydrogens (tertiary/aromatic N) is 3. The van der Waals surface area contributed by atoms with Crippen molar-refractivity contribution in [2.24, 2.45) is 0 Å². The van der Waals surface area contributed by atoms with E-state index in [4.69, 9.17) is 8.83 Å². The third kappa shape index (κ3) is 3.86. The van der Waals surface area contributed by atoms with Gasteiger partial charge in [0.2, 0.25) is 0 Å². The summed E-state index contributed by atoms with van der Waals surface area (Å²) in [4.78, 5) is 12.3. The minimum absolute atomic E-state index is 0.318. The number of benzene rings is 2. The van der Waals surface area contributed by atoms with E-state index in [-0.39, 0.29) is 5.63 Å². The molecule has 0 aliphatic heterocycles. The van der Waals surface area contributed by atoms with E-state index in [1.54, 1.807) is 24.1 Å². The Morgan fingerprint density at radius 2 is 1.85 bits per heavy atom. The fourth-order valence-corrected chi connectivity index (χ4v) is 5.61. The van der Waals surface area contributed by atoms with Crippen LogP contribution in [-0.2, 0) is 25.1 Å². The van der Waals surface area contributed by atoms with Crippen molar-refractivity contribution in [3.8, 4) is 11.4 Å². The highest BCUT2D eigenvalue weighted by Crippen LogP contribution is 2.33. The Morgan fingerprint density at radius 1 is 1.03 bits per heavy atom. The van der Waals surface area contributed by atoms with Crippen LogP contribution in [0, 0.1) is 6.92 Å². The zero-order valence-corrected chi connectivity index (χ0v) is 19.6. The molecule has 2 aromatic carbocycles. The average molecular weight is 470 g/mol. The van der Waals surface area contributed by atoms with Gasteiger partial charge in [-0.3, -0.25) is 4.57 Å². The van der Waals surface area contributed by atoms with Crippen LogP contribution in [0.15, 0.2) is 79.6 Å². The van der Waals surface area contributed by atoms with E-state index in [2.05, 4.69) is 33.0 Å². The summed E-state index contributed by atoms with van der Waals surface area (Å²) in [7, 11) is 0. The molecule has 0 bridgehead atoms. The third-order valence-electron chi connectivity index (χ3n) is 6.40. The fourth-order valence-electron chi connectivity index (χ4n) is 4.68. The molecule has 7 heteroatoms. The van der Waals surface area contributed by atoms with Gasteiger partial charge >= 0.3 is 5.63 Å². The van der Waals surface area contributed by atoms with Crippen LogP contribution in [0.4, 0.5) is 0 Å². The van der Waals surface area contributed by atoms with E-state index >= 15 is 0 Å². The molecule has 0 saturated carbocycles. The molecular formula is C27H23N3O3S. The molecule has 1 aliphatic carbocycles. The van der Waals surface area contributed by atoms with E-state index in [0.29, 0.717) is 17.9 Å². The van der Waals surface area contributed by atoms with Crippen LogP contribution < -0.4 is 5.63 Å². The molecule has 1 aliphatic rings. The van der Waals surface area contributed by atoms with Gasteiger partial charge in [0.25, 0.3) is 0 Å². The Labute approximate surface area is 200 Å². The van der Waals surface area contributed by atoms with Gasteiger partial charge in [0.1, 0.15) is 11.3 Å². The predicted molar refractivity (Wildman–Crippen MR) is 132 cm³/mol. The average Bonchev–Trinajstić information content (AvgIpc) is 3.56. The van der Waals surface area contributed by atoms with Crippen LogP contribution in [0.1, 0.15) is 34.4 Å². The zero-order chi connectivity index (χ0) is 23.1. The van der Waals surface area contributed by atoms with Crippen LogP contribution in [-0.4, -0.2) is 14.8 Å². The molecule has 0 saturated heterocycles. The van der Waals surface area contributed by atoms with Crippen LogP contribution >= 0.6 is 11.8 Å². The van der Waals surface area contributed by atoms with Gasteiger partial charge in [0, 0.05) is 17.2 Å². The molecule has 5 aromatic rings. The minimum atomic E-state index is -0.318.